The Morgan fingerprint density at radius 2 is 0.885 bits per heavy atom. The molecule has 0 aliphatic carbocycles. The molecule has 2 heterocycles. The van der Waals surface area contributed by atoms with E-state index in [1.807, 2.05) is 43.4 Å². The topological polar surface area (TPSA) is 54.8 Å². The number of anilines is 2. The molecule has 0 radical (unpaired) electrons. The standard InChI is InChI=1S/C21H17N5/c1-26(18-8-4-16(5-9-18)20-22-12-2-13-23-20)19-10-6-17(7-11-19)21-24-14-3-15-25-21/h2-15H,1H3. The van der Waals surface area contributed by atoms with Crippen molar-refractivity contribution in [1.82, 2.24) is 19.9 Å². The molecule has 5 heteroatoms. The second-order valence-corrected chi connectivity index (χ2v) is 5.80. The van der Waals surface area contributed by atoms with Crippen molar-refractivity contribution in [2.75, 3.05) is 11.9 Å². The number of aromatic nitrogens is 4. The van der Waals surface area contributed by atoms with E-state index in [2.05, 4.69) is 49.1 Å². The zero-order chi connectivity index (χ0) is 17.8. The number of rotatable bonds is 4. The summed E-state index contributed by atoms with van der Waals surface area (Å²) in [6.07, 6.45) is 7.00. The molecule has 26 heavy (non-hydrogen) atoms. The number of nitrogens with zero attached hydrogens (tertiary/aromatic N) is 5. The molecule has 0 amide bonds. The van der Waals surface area contributed by atoms with Crippen molar-refractivity contribution in [3.05, 3.63) is 85.5 Å². The van der Waals surface area contributed by atoms with E-state index in [0.29, 0.717) is 0 Å². The summed E-state index contributed by atoms with van der Waals surface area (Å²) >= 11 is 0. The number of hydrogen-bond donors (Lipinski definition) is 0. The second-order valence-electron chi connectivity index (χ2n) is 5.80. The highest BCUT2D eigenvalue weighted by Crippen LogP contribution is 2.27. The molecule has 0 saturated heterocycles. The van der Waals surface area contributed by atoms with Gasteiger partial charge in [0.05, 0.1) is 0 Å². The summed E-state index contributed by atoms with van der Waals surface area (Å²) in [6.45, 7) is 0. The van der Waals surface area contributed by atoms with Crippen molar-refractivity contribution in [2.24, 2.45) is 0 Å². The van der Waals surface area contributed by atoms with Crippen LogP contribution in [0.5, 0.6) is 0 Å². The first-order chi connectivity index (χ1) is 12.8. The summed E-state index contributed by atoms with van der Waals surface area (Å²) in [6, 6.07) is 20.0. The fraction of sp³-hybridized carbons (Fsp3) is 0.0476. The first kappa shape index (κ1) is 15.9. The molecular formula is C21H17N5. The molecular weight excluding hydrogens is 322 g/mol. The fourth-order valence-electron chi connectivity index (χ4n) is 2.71. The van der Waals surface area contributed by atoms with Gasteiger partial charge in [-0.1, -0.05) is 0 Å². The first-order valence-electron chi connectivity index (χ1n) is 8.30. The van der Waals surface area contributed by atoms with E-state index in [1.165, 1.54) is 0 Å². The third-order valence-corrected chi connectivity index (χ3v) is 4.16. The summed E-state index contributed by atoms with van der Waals surface area (Å²) in [7, 11) is 2.04. The largest absolute Gasteiger partial charge is 0.345 e. The minimum atomic E-state index is 0.730. The van der Waals surface area contributed by atoms with Gasteiger partial charge in [0.1, 0.15) is 0 Å². The highest BCUT2D eigenvalue weighted by Gasteiger charge is 2.07. The summed E-state index contributed by atoms with van der Waals surface area (Å²) in [5, 5.41) is 0. The predicted octanol–water partition coefficient (Wildman–Crippen LogP) is 4.37. The van der Waals surface area contributed by atoms with Gasteiger partial charge in [-0.3, -0.25) is 0 Å². The van der Waals surface area contributed by atoms with Crippen LogP contribution < -0.4 is 4.90 Å². The molecule has 5 nitrogen and oxygen atoms in total. The average Bonchev–Trinajstić information content (AvgIpc) is 2.75. The van der Waals surface area contributed by atoms with Gasteiger partial charge < -0.3 is 4.90 Å². The Morgan fingerprint density at radius 3 is 1.23 bits per heavy atom. The SMILES string of the molecule is CN(c1ccc(-c2ncccn2)cc1)c1ccc(-c2ncccn2)cc1. The van der Waals surface area contributed by atoms with Gasteiger partial charge in [-0.2, -0.15) is 0 Å². The van der Waals surface area contributed by atoms with Gasteiger partial charge in [0.25, 0.3) is 0 Å². The van der Waals surface area contributed by atoms with Crippen LogP contribution in [0.25, 0.3) is 22.8 Å². The third-order valence-electron chi connectivity index (χ3n) is 4.16. The van der Waals surface area contributed by atoms with E-state index in [0.717, 1.165) is 34.2 Å². The van der Waals surface area contributed by atoms with Crippen LogP contribution in [-0.2, 0) is 0 Å². The Morgan fingerprint density at radius 1 is 0.538 bits per heavy atom. The Bertz CT molecular complexity index is 885. The maximum absolute atomic E-state index is 4.28. The van der Waals surface area contributed by atoms with Gasteiger partial charge in [-0.05, 0) is 60.7 Å². The van der Waals surface area contributed by atoms with Gasteiger partial charge in [0.15, 0.2) is 11.6 Å². The number of hydrogen-bond acceptors (Lipinski definition) is 5. The maximum Gasteiger partial charge on any atom is 0.159 e. The minimum Gasteiger partial charge on any atom is -0.345 e. The van der Waals surface area contributed by atoms with Crippen LogP contribution in [0, 0.1) is 0 Å². The van der Waals surface area contributed by atoms with Crippen LogP contribution in [0.3, 0.4) is 0 Å². The average molecular weight is 339 g/mol. The molecule has 0 bridgehead atoms. The van der Waals surface area contributed by atoms with Crippen LogP contribution in [0.4, 0.5) is 11.4 Å². The van der Waals surface area contributed by atoms with Crippen LogP contribution in [0.15, 0.2) is 85.5 Å². The molecule has 0 aliphatic heterocycles. The van der Waals surface area contributed by atoms with E-state index >= 15 is 0 Å². The molecule has 126 valence electrons. The van der Waals surface area contributed by atoms with E-state index in [-0.39, 0.29) is 0 Å². The summed E-state index contributed by atoms with van der Waals surface area (Å²) in [5.41, 5.74) is 4.18. The molecule has 0 unspecified atom stereocenters. The lowest BCUT2D eigenvalue weighted by Crippen LogP contribution is -2.09. The van der Waals surface area contributed by atoms with Gasteiger partial charge in [0, 0.05) is 54.3 Å². The van der Waals surface area contributed by atoms with Crippen molar-refractivity contribution >= 4 is 11.4 Å². The van der Waals surface area contributed by atoms with Gasteiger partial charge in [0.2, 0.25) is 0 Å². The molecule has 2 aromatic heterocycles. The van der Waals surface area contributed by atoms with E-state index in [9.17, 15) is 0 Å². The van der Waals surface area contributed by atoms with E-state index in [4.69, 9.17) is 0 Å². The van der Waals surface area contributed by atoms with Gasteiger partial charge in [-0.15, -0.1) is 0 Å². The Labute approximate surface area is 152 Å². The Balaban J connectivity index is 1.55. The smallest absolute Gasteiger partial charge is 0.159 e. The lowest BCUT2D eigenvalue weighted by molar-refractivity contribution is 1.17. The summed E-state index contributed by atoms with van der Waals surface area (Å²) in [4.78, 5) is 19.3. The third kappa shape index (κ3) is 3.28. The van der Waals surface area contributed by atoms with E-state index < -0.39 is 0 Å². The van der Waals surface area contributed by atoms with Crippen molar-refractivity contribution in [3.63, 3.8) is 0 Å². The molecule has 0 atom stereocenters. The normalized spacial score (nSPS) is 10.5. The van der Waals surface area contributed by atoms with Crippen LogP contribution in [0.2, 0.25) is 0 Å². The summed E-state index contributed by atoms with van der Waals surface area (Å²) < 4.78 is 0. The predicted molar refractivity (Wildman–Crippen MR) is 103 cm³/mol. The summed E-state index contributed by atoms with van der Waals surface area (Å²) in [5.74, 6) is 1.46. The molecule has 4 aromatic rings. The zero-order valence-corrected chi connectivity index (χ0v) is 14.3. The molecule has 0 N–H and O–H groups in total. The van der Waals surface area contributed by atoms with Gasteiger partial charge in [-0.25, -0.2) is 19.9 Å². The number of benzene rings is 2. The fourth-order valence-corrected chi connectivity index (χ4v) is 2.71. The van der Waals surface area contributed by atoms with Crippen LogP contribution in [-0.4, -0.2) is 27.0 Å². The second kappa shape index (κ2) is 7.11. The molecule has 0 aliphatic rings. The van der Waals surface area contributed by atoms with Crippen LogP contribution in [0.1, 0.15) is 0 Å². The Hall–Kier alpha value is -3.60. The lowest BCUT2D eigenvalue weighted by Gasteiger charge is -2.20. The van der Waals surface area contributed by atoms with E-state index in [1.54, 1.807) is 24.8 Å². The van der Waals surface area contributed by atoms with Crippen molar-refractivity contribution in [3.8, 4) is 22.8 Å². The molecule has 2 aromatic carbocycles. The molecule has 0 spiro atoms. The zero-order valence-electron chi connectivity index (χ0n) is 14.3. The Kier molecular flexibility index (Phi) is 4.35. The first-order valence-corrected chi connectivity index (χ1v) is 8.30. The maximum atomic E-state index is 4.28. The lowest BCUT2D eigenvalue weighted by atomic mass is 10.1. The van der Waals surface area contributed by atoms with Crippen molar-refractivity contribution in [2.45, 2.75) is 0 Å². The highest BCUT2D eigenvalue weighted by atomic mass is 15.1. The van der Waals surface area contributed by atoms with Crippen LogP contribution >= 0.6 is 0 Å². The quantitative estimate of drug-likeness (QED) is 0.553. The van der Waals surface area contributed by atoms with Gasteiger partial charge >= 0.3 is 0 Å². The molecule has 0 fully saturated rings. The monoisotopic (exact) mass is 339 g/mol. The molecule has 4 rings (SSSR count). The molecule has 0 saturated carbocycles. The van der Waals surface area contributed by atoms with Crippen molar-refractivity contribution in [1.29, 1.82) is 0 Å². The minimum absolute atomic E-state index is 0.730. The van der Waals surface area contributed by atoms with Crippen molar-refractivity contribution < 1.29 is 0 Å². The highest BCUT2D eigenvalue weighted by molar-refractivity contribution is 5.68.